The number of aromatic amines is 1. The van der Waals surface area contributed by atoms with Gasteiger partial charge in [0.1, 0.15) is 0 Å². The average molecular weight is 258 g/mol. The lowest BCUT2D eigenvalue weighted by atomic mass is 10.1. The molecular formula is C14H18N4O. The highest BCUT2D eigenvalue weighted by molar-refractivity contribution is 5.78. The number of aromatic nitrogens is 2. The van der Waals surface area contributed by atoms with Crippen LogP contribution in [0, 0.1) is 6.92 Å². The van der Waals surface area contributed by atoms with Crippen LogP contribution in [-0.2, 0) is 17.8 Å². The lowest BCUT2D eigenvalue weighted by molar-refractivity contribution is -0.119. The van der Waals surface area contributed by atoms with Crippen LogP contribution in [0.4, 0.5) is 5.69 Å². The molecule has 5 nitrogen and oxygen atoms in total. The number of nitrogens with zero attached hydrogens (tertiary/aromatic N) is 1. The van der Waals surface area contributed by atoms with Crippen LogP contribution in [0.15, 0.2) is 30.5 Å². The number of nitrogens with one attached hydrogen (secondary N) is 3. The number of likely N-dealkylation sites (N-methyl/N-ethyl adjacent to an activating group) is 1. The first-order valence-corrected chi connectivity index (χ1v) is 6.21. The second-order valence-corrected chi connectivity index (χ2v) is 4.42. The topological polar surface area (TPSA) is 69.8 Å². The fourth-order valence-corrected chi connectivity index (χ4v) is 1.77. The minimum atomic E-state index is 0.0229. The number of amides is 1. The fraction of sp³-hybridized carbons (Fsp3) is 0.286. The second-order valence-electron chi connectivity index (χ2n) is 4.42. The number of anilines is 1. The molecule has 0 saturated carbocycles. The maximum absolute atomic E-state index is 11.2. The molecule has 0 spiro atoms. The first-order chi connectivity index (χ1) is 9.19. The molecule has 2 rings (SSSR count). The smallest absolute Gasteiger partial charge is 0.224 e. The van der Waals surface area contributed by atoms with Crippen LogP contribution >= 0.6 is 0 Å². The molecule has 100 valence electrons. The van der Waals surface area contributed by atoms with Gasteiger partial charge in [-0.05, 0) is 24.6 Å². The normalized spacial score (nSPS) is 10.2. The van der Waals surface area contributed by atoms with Gasteiger partial charge in [-0.2, -0.15) is 5.10 Å². The molecule has 0 aliphatic heterocycles. The van der Waals surface area contributed by atoms with Crippen LogP contribution < -0.4 is 10.6 Å². The predicted molar refractivity (Wildman–Crippen MR) is 74.9 cm³/mol. The molecule has 0 unspecified atom stereocenters. The third-order valence-electron chi connectivity index (χ3n) is 3.01. The molecule has 3 N–H and O–H groups in total. The third-order valence-corrected chi connectivity index (χ3v) is 3.01. The number of aryl methyl sites for hydroxylation is 1. The highest BCUT2D eigenvalue weighted by atomic mass is 16.1. The molecule has 5 heteroatoms. The molecule has 0 aliphatic rings. The highest BCUT2D eigenvalue weighted by Gasteiger charge is 2.02. The summed E-state index contributed by atoms with van der Waals surface area (Å²) in [6.07, 6.45) is 2.24. The zero-order chi connectivity index (χ0) is 13.7. The number of hydrogen-bond acceptors (Lipinski definition) is 3. The first-order valence-electron chi connectivity index (χ1n) is 6.21. The Labute approximate surface area is 112 Å². The van der Waals surface area contributed by atoms with Gasteiger partial charge in [0.25, 0.3) is 0 Å². The van der Waals surface area contributed by atoms with Gasteiger partial charge in [0.15, 0.2) is 0 Å². The van der Waals surface area contributed by atoms with Crippen molar-refractivity contribution in [1.29, 1.82) is 0 Å². The van der Waals surface area contributed by atoms with Crippen molar-refractivity contribution in [3.63, 3.8) is 0 Å². The van der Waals surface area contributed by atoms with E-state index in [0.717, 1.165) is 29.1 Å². The van der Waals surface area contributed by atoms with Crippen molar-refractivity contribution in [2.24, 2.45) is 0 Å². The fourth-order valence-electron chi connectivity index (χ4n) is 1.77. The molecule has 2 aromatic rings. The maximum Gasteiger partial charge on any atom is 0.224 e. The zero-order valence-electron chi connectivity index (χ0n) is 11.2. The van der Waals surface area contributed by atoms with E-state index < -0.39 is 0 Å². The van der Waals surface area contributed by atoms with E-state index in [1.807, 2.05) is 37.4 Å². The van der Waals surface area contributed by atoms with E-state index in [0.29, 0.717) is 6.42 Å². The summed E-state index contributed by atoms with van der Waals surface area (Å²) in [5.41, 5.74) is 4.25. The SMILES string of the molecule is CNC(=O)Cc1ccc(NCc2cn[nH]c2C)cc1. The standard InChI is InChI=1S/C14H18N4O/c1-10-12(9-17-18-10)8-16-13-5-3-11(4-6-13)7-14(19)15-2/h3-6,9,16H,7-8H2,1-2H3,(H,15,19)(H,17,18). The van der Waals surface area contributed by atoms with Crippen LogP contribution in [0.1, 0.15) is 16.8 Å². The molecule has 19 heavy (non-hydrogen) atoms. The van der Waals surface area contributed by atoms with Crippen molar-refractivity contribution in [1.82, 2.24) is 15.5 Å². The van der Waals surface area contributed by atoms with Crippen LogP contribution in [0.25, 0.3) is 0 Å². The molecule has 1 aromatic carbocycles. The van der Waals surface area contributed by atoms with Crippen molar-refractivity contribution in [3.8, 4) is 0 Å². The molecule has 1 aromatic heterocycles. The summed E-state index contributed by atoms with van der Waals surface area (Å²) in [5.74, 6) is 0.0229. The number of hydrogen-bond donors (Lipinski definition) is 3. The van der Waals surface area contributed by atoms with Crippen molar-refractivity contribution < 1.29 is 4.79 Å². The third kappa shape index (κ3) is 3.58. The van der Waals surface area contributed by atoms with E-state index in [2.05, 4.69) is 20.8 Å². The Bertz CT molecular complexity index is 545. The summed E-state index contributed by atoms with van der Waals surface area (Å²) < 4.78 is 0. The van der Waals surface area contributed by atoms with E-state index in [9.17, 15) is 4.79 Å². The largest absolute Gasteiger partial charge is 0.381 e. The van der Waals surface area contributed by atoms with Crippen LogP contribution in [0.2, 0.25) is 0 Å². The van der Waals surface area contributed by atoms with Gasteiger partial charge in [-0.25, -0.2) is 0 Å². The number of benzene rings is 1. The highest BCUT2D eigenvalue weighted by Crippen LogP contribution is 2.12. The summed E-state index contributed by atoms with van der Waals surface area (Å²) in [7, 11) is 1.64. The Kier molecular flexibility index (Phi) is 4.18. The molecule has 0 saturated heterocycles. The molecule has 0 fully saturated rings. The van der Waals surface area contributed by atoms with Gasteiger partial charge in [-0.1, -0.05) is 12.1 Å². The maximum atomic E-state index is 11.2. The number of carbonyl (C=O) groups is 1. The Morgan fingerprint density at radius 1 is 1.32 bits per heavy atom. The van der Waals surface area contributed by atoms with Crippen molar-refractivity contribution in [3.05, 3.63) is 47.3 Å². The molecule has 0 radical (unpaired) electrons. The molecule has 1 amide bonds. The predicted octanol–water partition coefficient (Wildman–Crippen LogP) is 1.62. The second kappa shape index (κ2) is 6.04. The number of H-pyrrole nitrogens is 1. The Balaban J connectivity index is 1.92. The summed E-state index contributed by atoms with van der Waals surface area (Å²) >= 11 is 0. The summed E-state index contributed by atoms with van der Waals surface area (Å²) in [4.78, 5) is 11.2. The van der Waals surface area contributed by atoms with Gasteiger partial charge < -0.3 is 10.6 Å². The number of carbonyl (C=O) groups excluding carboxylic acids is 1. The first kappa shape index (κ1) is 13.1. The lowest BCUT2D eigenvalue weighted by Crippen LogP contribution is -2.19. The van der Waals surface area contributed by atoms with E-state index in [4.69, 9.17) is 0 Å². The monoisotopic (exact) mass is 258 g/mol. The minimum absolute atomic E-state index is 0.0229. The Hall–Kier alpha value is -2.30. The van der Waals surface area contributed by atoms with Gasteiger partial charge in [0.2, 0.25) is 5.91 Å². The average Bonchev–Trinajstić information content (AvgIpc) is 2.83. The molecular weight excluding hydrogens is 240 g/mol. The zero-order valence-corrected chi connectivity index (χ0v) is 11.2. The lowest BCUT2D eigenvalue weighted by Gasteiger charge is -2.07. The van der Waals surface area contributed by atoms with Gasteiger partial charge in [-0.3, -0.25) is 9.89 Å². The van der Waals surface area contributed by atoms with E-state index in [-0.39, 0.29) is 5.91 Å². The van der Waals surface area contributed by atoms with Gasteiger partial charge in [0.05, 0.1) is 12.6 Å². The van der Waals surface area contributed by atoms with Gasteiger partial charge in [-0.15, -0.1) is 0 Å². The van der Waals surface area contributed by atoms with Gasteiger partial charge >= 0.3 is 0 Å². The van der Waals surface area contributed by atoms with Crippen LogP contribution in [-0.4, -0.2) is 23.2 Å². The van der Waals surface area contributed by atoms with Crippen LogP contribution in [0.3, 0.4) is 0 Å². The summed E-state index contributed by atoms with van der Waals surface area (Å²) in [6.45, 7) is 2.73. The van der Waals surface area contributed by atoms with Gasteiger partial charge in [0, 0.05) is 30.5 Å². The van der Waals surface area contributed by atoms with Crippen LogP contribution in [0.5, 0.6) is 0 Å². The Morgan fingerprint density at radius 3 is 2.63 bits per heavy atom. The van der Waals surface area contributed by atoms with Crippen molar-refractivity contribution in [2.45, 2.75) is 19.9 Å². The number of rotatable bonds is 5. The quantitative estimate of drug-likeness (QED) is 0.763. The molecule has 0 atom stereocenters. The molecule has 0 aliphatic carbocycles. The van der Waals surface area contributed by atoms with E-state index in [1.54, 1.807) is 7.05 Å². The minimum Gasteiger partial charge on any atom is -0.381 e. The summed E-state index contributed by atoms with van der Waals surface area (Å²) in [6, 6.07) is 7.88. The van der Waals surface area contributed by atoms with Crippen molar-refractivity contribution >= 4 is 11.6 Å². The van der Waals surface area contributed by atoms with E-state index in [1.165, 1.54) is 0 Å². The Morgan fingerprint density at radius 2 is 2.05 bits per heavy atom. The summed E-state index contributed by atoms with van der Waals surface area (Å²) in [5, 5.41) is 12.8. The molecule has 1 heterocycles. The van der Waals surface area contributed by atoms with Crippen molar-refractivity contribution in [2.75, 3.05) is 12.4 Å². The van der Waals surface area contributed by atoms with E-state index >= 15 is 0 Å². The molecule has 0 bridgehead atoms.